The molecule has 1 aliphatic rings. The maximum absolute atomic E-state index is 12.5. The summed E-state index contributed by atoms with van der Waals surface area (Å²) in [6, 6.07) is 13.8. The van der Waals surface area contributed by atoms with E-state index in [0.29, 0.717) is 18.3 Å². The molecule has 3 aromatic rings. The first-order valence-electron chi connectivity index (χ1n) is 9.87. The third kappa shape index (κ3) is 4.14. The summed E-state index contributed by atoms with van der Waals surface area (Å²) >= 11 is 0. The van der Waals surface area contributed by atoms with E-state index < -0.39 is 0 Å². The van der Waals surface area contributed by atoms with Gasteiger partial charge in [-0.05, 0) is 37.1 Å². The highest BCUT2D eigenvalue weighted by atomic mass is 16.2. The van der Waals surface area contributed by atoms with Crippen LogP contribution in [0.15, 0.2) is 42.5 Å². The van der Waals surface area contributed by atoms with Gasteiger partial charge < -0.3 is 16.0 Å². The molecule has 2 heterocycles. The predicted octanol–water partition coefficient (Wildman–Crippen LogP) is 2.59. The van der Waals surface area contributed by atoms with Gasteiger partial charge in [-0.2, -0.15) is 4.98 Å². The number of rotatable bonds is 4. The minimum Gasteiger partial charge on any atom is -0.383 e. The van der Waals surface area contributed by atoms with Crippen molar-refractivity contribution in [1.29, 1.82) is 0 Å². The number of hydrogen-bond acceptors (Lipinski definition) is 6. The molecular formula is C22H26N6O. The van der Waals surface area contributed by atoms with E-state index in [1.165, 1.54) is 0 Å². The first kappa shape index (κ1) is 19.1. The Hall–Kier alpha value is -3.19. The van der Waals surface area contributed by atoms with Crippen LogP contribution < -0.4 is 16.0 Å². The number of nitrogen functional groups attached to an aromatic ring is 1. The molecule has 0 spiro atoms. The minimum absolute atomic E-state index is 0.0158. The second kappa shape index (κ2) is 8.05. The maximum Gasteiger partial charge on any atom is 0.238 e. The van der Waals surface area contributed by atoms with Crippen molar-refractivity contribution in [3.63, 3.8) is 0 Å². The van der Waals surface area contributed by atoms with Crippen molar-refractivity contribution in [3.8, 4) is 0 Å². The summed E-state index contributed by atoms with van der Waals surface area (Å²) < 4.78 is 0. The number of nitrogens with one attached hydrogen (secondary N) is 1. The Morgan fingerprint density at radius 1 is 1.00 bits per heavy atom. The van der Waals surface area contributed by atoms with Crippen LogP contribution in [0.4, 0.5) is 17.5 Å². The fourth-order valence-electron chi connectivity index (χ4n) is 3.73. The van der Waals surface area contributed by atoms with Crippen molar-refractivity contribution in [2.75, 3.05) is 48.7 Å². The van der Waals surface area contributed by atoms with Crippen LogP contribution in [0.25, 0.3) is 10.9 Å². The Morgan fingerprint density at radius 2 is 1.69 bits per heavy atom. The SMILES string of the molecule is Cc1cccc(C)c1NC(=O)CN1CCN(c2nc(N)c3ccccc3n2)CC1. The van der Waals surface area contributed by atoms with Gasteiger partial charge in [-0.15, -0.1) is 0 Å². The van der Waals surface area contributed by atoms with Crippen molar-refractivity contribution < 1.29 is 4.79 Å². The van der Waals surface area contributed by atoms with Gasteiger partial charge in [0, 0.05) is 37.3 Å². The number of para-hydroxylation sites is 2. The lowest BCUT2D eigenvalue weighted by Crippen LogP contribution is -2.49. The molecule has 1 amide bonds. The van der Waals surface area contributed by atoms with Gasteiger partial charge >= 0.3 is 0 Å². The zero-order valence-corrected chi connectivity index (χ0v) is 16.9. The molecule has 1 saturated heterocycles. The number of benzene rings is 2. The highest BCUT2D eigenvalue weighted by Crippen LogP contribution is 2.22. The zero-order valence-electron chi connectivity index (χ0n) is 16.9. The van der Waals surface area contributed by atoms with E-state index in [0.717, 1.165) is 53.9 Å². The van der Waals surface area contributed by atoms with E-state index in [2.05, 4.69) is 25.1 Å². The molecule has 29 heavy (non-hydrogen) atoms. The maximum atomic E-state index is 12.5. The van der Waals surface area contributed by atoms with Crippen LogP contribution >= 0.6 is 0 Å². The molecule has 7 nitrogen and oxygen atoms in total. The van der Waals surface area contributed by atoms with Gasteiger partial charge in [-0.1, -0.05) is 30.3 Å². The number of carbonyl (C=O) groups excluding carboxylic acids is 1. The van der Waals surface area contributed by atoms with Crippen LogP contribution in [0.5, 0.6) is 0 Å². The van der Waals surface area contributed by atoms with Gasteiger partial charge in [0.1, 0.15) is 5.82 Å². The topological polar surface area (TPSA) is 87.4 Å². The Labute approximate surface area is 170 Å². The molecule has 0 bridgehead atoms. The van der Waals surface area contributed by atoms with Gasteiger partial charge in [0.15, 0.2) is 0 Å². The Morgan fingerprint density at radius 3 is 2.41 bits per heavy atom. The lowest BCUT2D eigenvalue weighted by molar-refractivity contribution is -0.117. The molecule has 3 N–H and O–H groups in total. The molecule has 1 aromatic heterocycles. The van der Waals surface area contributed by atoms with Gasteiger partial charge in [-0.3, -0.25) is 9.69 Å². The summed E-state index contributed by atoms with van der Waals surface area (Å²) in [4.78, 5) is 25.9. The third-order valence-electron chi connectivity index (χ3n) is 5.39. The van der Waals surface area contributed by atoms with Crippen LogP contribution in [0.1, 0.15) is 11.1 Å². The summed E-state index contributed by atoms with van der Waals surface area (Å²) in [5.74, 6) is 1.17. The molecule has 7 heteroatoms. The van der Waals surface area contributed by atoms with Crippen LogP contribution in [0.2, 0.25) is 0 Å². The standard InChI is InChI=1S/C22H26N6O/c1-15-6-5-7-16(2)20(15)25-19(29)14-27-10-12-28(13-11-27)22-24-18-9-4-3-8-17(18)21(23)26-22/h3-9H,10-14H2,1-2H3,(H,25,29)(H2,23,24,26). The molecule has 4 rings (SSSR count). The number of amides is 1. The molecule has 150 valence electrons. The Kier molecular flexibility index (Phi) is 5.31. The van der Waals surface area contributed by atoms with E-state index >= 15 is 0 Å². The largest absolute Gasteiger partial charge is 0.383 e. The smallest absolute Gasteiger partial charge is 0.238 e. The second-order valence-corrected chi connectivity index (χ2v) is 7.50. The molecule has 0 aliphatic carbocycles. The molecule has 0 radical (unpaired) electrons. The Balaban J connectivity index is 1.37. The summed E-state index contributed by atoms with van der Waals surface area (Å²) in [7, 11) is 0. The number of carbonyl (C=O) groups is 1. The fourth-order valence-corrected chi connectivity index (χ4v) is 3.73. The number of anilines is 3. The molecule has 2 aromatic carbocycles. The average molecular weight is 390 g/mol. The number of fused-ring (bicyclic) bond motifs is 1. The van der Waals surface area contributed by atoms with E-state index in [4.69, 9.17) is 5.73 Å². The normalized spacial score (nSPS) is 14.9. The van der Waals surface area contributed by atoms with E-state index in [9.17, 15) is 4.79 Å². The summed E-state index contributed by atoms with van der Waals surface area (Å²) in [6.45, 7) is 7.46. The van der Waals surface area contributed by atoms with Crippen LogP contribution in [-0.4, -0.2) is 53.5 Å². The highest BCUT2D eigenvalue weighted by molar-refractivity contribution is 5.93. The summed E-state index contributed by atoms with van der Waals surface area (Å²) in [5, 5.41) is 3.93. The monoisotopic (exact) mass is 390 g/mol. The van der Waals surface area contributed by atoms with E-state index in [-0.39, 0.29) is 5.91 Å². The summed E-state index contributed by atoms with van der Waals surface area (Å²) in [6.07, 6.45) is 0. The molecule has 0 unspecified atom stereocenters. The first-order valence-corrected chi connectivity index (χ1v) is 9.87. The highest BCUT2D eigenvalue weighted by Gasteiger charge is 2.22. The van der Waals surface area contributed by atoms with Crippen molar-refractivity contribution in [3.05, 3.63) is 53.6 Å². The number of nitrogens with two attached hydrogens (primary N) is 1. The first-order chi connectivity index (χ1) is 14.0. The summed E-state index contributed by atoms with van der Waals surface area (Å²) in [5.41, 5.74) is 10.0. The van der Waals surface area contributed by atoms with Crippen LogP contribution in [-0.2, 0) is 4.79 Å². The van der Waals surface area contributed by atoms with Gasteiger partial charge in [0.2, 0.25) is 11.9 Å². The van der Waals surface area contributed by atoms with Gasteiger partial charge in [-0.25, -0.2) is 4.98 Å². The lowest BCUT2D eigenvalue weighted by atomic mass is 10.1. The van der Waals surface area contributed by atoms with Crippen molar-refractivity contribution in [2.45, 2.75) is 13.8 Å². The molecule has 1 aliphatic heterocycles. The van der Waals surface area contributed by atoms with Crippen molar-refractivity contribution >= 4 is 34.3 Å². The number of piperazine rings is 1. The zero-order chi connectivity index (χ0) is 20.4. The molecule has 0 saturated carbocycles. The van der Waals surface area contributed by atoms with Gasteiger partial charge in [0.05, 0.1) is 12.1 Å². The van der Waals surface area contributed by atoms with Crippen molar-refractivity contribution in [2.24, 2.45) is 0 Å². The predicted molar refractivity (Wildman–Crippen MR) is 117 cm³/mol. The van der Waals surface area contributed by atoms with E-state index in [1.807, 2.05) is 56.3 Å². The molecule has 1 fully saturated rings. The average Bonchev–Trinajstić information content (AvgIpc) is 2.71. The number of nitrogens with zero attached hydrogens (tertiary/aromatic N) is 4. The quantitative estimate of drug-likeness (QED) is 0.712. The minimum atomic E-state index is 0.0158. The second-order valence-electron chi connectivity index (χ2n) is 7.50. The fraction of sp³-hybridized carbons (Fsp3) is 0.318. The Bertz CT molecular complexity index is 1020. The number of aromatic nitrogens is 2. The third-order valence-corrected chi connectivity index (χ3v) is 5.39. The number of aryl methyl sites for hydroxylation is 2. The van der Waals surface area contributed by atoms with E-state index in [1.54, 1.807) is 0 Å². The van der Waals surface area contributed by atoms with Crippen LogP contribution in [0.3, 0.4) is 0 Å². The van der Waals surface area contributed by atoms with Gasteiger partial charge in [0.25, 0.3) is 0 Å². The lowest BCUT2D eigenvalue weighted by Gasteiger charge is -2.34. The molecule has 0 atom stereocenters. The van der Waals surface area contributed by atoms with Crippen LogP contribution in [0, 0.1) is 13.8 Å². The molecular weight excluding hydrogens is 364 g/mol. The number of hydrogen-bond donors (Lipinski definition) is 2. The van der Waals surface area contributed by atoms with Crippen molar-refractivity contribution in [1.82, 2.24) is 14.9 Å².